The van der Waals surface area contributed by atoms with Gasteiger partial charge in [-0.3, -0.25) is 9.59 Å². The van der Waals surface area contributed by atoms with Crippen molar-refractivity contribution in [3.63, 3.8) is 0 Å². The predicted molar refractivity (Wildman–Crippen MR) is 91.0 cm³/mol. The summed E-state index contributed by atoms with van der Waals surface area (Å²) in [6.45, 7) is 14.6. The molecular formula is C16H29NO6Si. The van der Waals surface area contributed by atoms with Gasteiger partial charge in [0, 0.05) is 6.92 Å². The normalized spacial score (nSPS) is 25.1. The van der Waals surface area contributed by atoms with Crippen LogP contribution in [-0.4, -0.2) is 49.0 Å². The minimum Gasteiger partial charge on any atom is -0.478 e. The van der Waals surface area contributed by atoms with Crippen LogP contribution >= 0.6 is 0 Å². The van der Waals surface area contributed by atoms with Gasteiger partial charge in [-0.1, -0.05) is 20.8 Å². The van der Waals surface area contributed by atoms with E-state index in [4.69, 9.17) is 9.16 Å². The van der Waals surface area contributed by atoms with Crippen LogP contribution in [0.15, 0.2) is 0 Å². The second-order valence-corrected chi connectivity index (χ2v) is 12.9. The van der Waals surface area contributed by atoms with E-state index in [1.54, 1.807) is 6.92 Å². The fourth-order valence-corrected chi connectivity index (χ4v) is 4.04. The second-order valence-electron chi connectivity index (χ2n) is 8.10. The molecule has 0 spiro atoms. The molecule has 7 nitrogen and oxygen atoms in total. The number of hydrogen-bond acceptors (Lipinski definition) is 5. The van der Waals surface area contributed by atoms with Gasteiger partial charge in [-0.25, -0.2) is 4.79 Å². The molecule has 8 heteroatoms. The lowest BCUT2D eigenvalue weighted by molar-refractivity contribution is -0.189. The molecule has 0 unspecified atom stereocenters. The highest BCUT2D eigenvalue weighted by atomic mass is 28.4. The molecule has 0 saturated carbocycles. The summed E-state index contributed by atoms with van der Waals surface area (Å²) < 4.78 is 11.3. The molecule has 1 amide bonds. The van der Waals surface area contributed by atoms with Crippen molar-refractivity contribution >= 4 is 26.2 Å². The van der Waals surface area contributed by atoms with Crippen molar-refractivity contribution in [2.45, 2.75) is 77.4 Å². The monoisotopic (exact) mass is 359 g/mol. The third-order valence-corrected chi connectivity index (χ3v) is 9.70. The number of carbonyl (C=O) groups excluding carboxylic acids is 2. The third-order valence-electron chi connectivity index (χ3n) is 5.13. The van der Waals surface area contributed by atoms with Gasteiger partial charge >= 0.3 is 11.9 Å². The van der Waals surface area contributed by atoms with Gasteiger partial charge in [0.25, 0.3) is 0 Å². The fourth-order valence-electron chi connectivity index (χ4n) is 2.61. The highest BCUT2D eigenvalue weighted by Gasteiger charge is 2.59. The van der Waals surface area contributed by atoms with Crippen molar-refractivity contribution in [1.29, 1.82) is 0 Å². The smallest absolute Gasteiger partial charge is 0.350 e. The van der Waals surface area contributed by atoms with Gasteiger partial charge in [-0.2, -0.15) is 0 Å². The van der Waals surface area contributed by atoms with Crippen molar-refractivity contribution in [3.8, 4) is 0 Å². The zero-order valence-corrected chi connectivity index (χ0v) is 16.7. The average Bonchev–Trinajstić information content (AvgIpc) is 2.32. The van der Waals surface area contributed by atoms with E-state index < -0.39 is 43.9 Å². The number of esters is 1. The number of aliphatic carboxylic acids is 1. The van der Waals surface area contributed by atoms with E-state index in [0.717, 1.165) is 6.92 Å². The Bertz CT molecular complexity index is 541. The first-order valence-electron chi connectivity index (χ1n) is 8.04. The largest absolute Gasteiger partial charge is 0.478 e. The van der Waals surface area contributed by atoms with Gasteiger partial charge in [0.1, 0.15) is 0 Å². The van der Waals surface area contributed by atoms with E-state index >= 15 is 0 Å². The topological polar surface area (TPSA) is 102 Å². The van der Waals surface area contributed by atoms with Gasteiger partial charge in [-0.15, -0.1) is 0 Å². The lowest BCUT2D eigenvalue weighted by atomic mass is 9.76. The molecular weight excluding hydrogens is 330 g/mol. The molecule has 0 bridgehead atoms. The van der Waals surface area contributed by atoms with E-state index in [9.17, 15) is 19.5 Å². The molecule has 138 valence electrons. The van der Waals surface area contributed by atoms with Crippen LogP contribution in [0.1, 0.15) is 41.5 Å². The van der Waals surface area contributed by atoms with Crippen LogP contribution in [0.2, 0.25) is 18.1 Å². The van der Waals surface area contributed by atoms with E-state index in [-0.39, 0.29) is 10.9 Å². The lowest BCUT2D eigenvalue weighted by Gasteiger charge is -2.49. The zero-order valence-electron chi connectivity index (χ0n) is 15.7. The van der Waals surface area contributed by atoms with Crippen LogP contribution in [0, 0.1) is 5.92 Å². The summed E-state index contributed by atoms with van der Waals surface area (Å²) in [6.07, 6.45) is -0.473. The molecule has 0 aromatic heterocycles. The molecule has 1 aliphatic heterocycles. The fraction of sp³-hybridized carbons (Fsp3) is 0.812. The summed E-state index contributed by atoms with van der Waals surface area (Å²) in [5, 5.41) is 12.0. The van der Waals surface area contributed by atoms with Crippen LogP contribution in [0.5, 0.6) is 0 Å². The highest BCUT2D eigenvalue weighted by molar-refractivity contribution is 6.74. The van der Waals surface area contributed by atoms with Gasteiger partial charge in [0.15, 0.2) is 8.32 Å². The SMILES string of the molecule is CC(=O)O[C@@](C)(C(=O)O)[C@H]1NC(=O)[C@@H]1[C@@H](C)O[Si](C)(C)C(C)(C)C. The Balaban J connectivity index is 3.03. The number of carboxylic acid groups (broad SMARTS) is 1. The molecule has 2 N–H and O–H groups in total. The van der Waals surface area contributed by atoms with E-state index in [0.29, 0.717) is 0 Å². The summed E-state index contributed by atoms with van der Waals surface area (Å²) in [4.78, 5) is 35.0. The Hall–Kier alpha value is -1.41. The Morgan fingerprint density at radius 1 is 1.25 bits per heavy atom. The molecule has 1 saturated heterocycles. The second kappa shape index (κ2) is 6.48. The molecule has 1 heterocycles. The van der Waals surface area contributed by atoms with Gasteiger partial charge in [-0.05, 0) is 32.0 Å². The van der Waals surface area contributed by atoms with E-state index in [2.05, 4.69) is 39.2 Å². The summed E-state index contributed by atoms with van der Waals surface area (Å²) in [5.74, 6) is -2.98. The molecule has 4 atom stereocenters. The number of nitrogens with one attached hydrogen (secondary N) is 1. The highest BCUT2D eigenvalue weighted by Crippen LogP contribution is 2.40. The van der Waals surface area contributed by atoms with Crippen molar-refractivity contribution in [2.24, 2.45) is 5.92 Å². The number of amides is 1. The first kappa shape index (κ1) is 20.6. The minimum atomic E-state index is -2.13. The lowest BCUT2D eigenvalue weighted by Crippen LogP contribution is -2.73. The van der Waals surface area contributed by atoms with Crippen molar-refractivity contribution in [1.82, 2.24) is 5.32 Å². The number of carbonyl (C=O) groups is 3. The molecule has 0 aromatic carbocycles. The Morgan fingerprint density at radius 3 is 2.08 bits per heavy atom. The quantitative estimate of drug-likeness (QED) is 0.427. The maximum Gasteiger partial charge on any atom is 0.350 e. The molecule has 0 aromatic rings. The number of rotatable bonds is 6. The minimum absolute atomic E-state index is 0.0387. The summed E-state index contributed by atoms with van der Waals surface area (Å²) in [6, 6.07) is -0.828. The van der Waals surface area contributed by atoms with Crippen LogP contribution in [0.25, 0.3) is 0 Å². The van der Waals surface area contributed by atoms with Gasteiger partial charge in [0.05, 0.1) is 18.1 Å². The number of β-lactam (4-membered cyclic amide) rings is 1. The number of carboxylic acids is 1. The summed E-state index contributed by atoms with van der Waals surface area (Å²) in [7, 11) is -2.13. The molecule has 1 rings (SSSR count). The summed E-state index contributed by atoms with van der Waals surface area (Å²) >= 11 is 0. The molecule has 0 radical (unpaired) electrons. The standard InChI is InChI=1S/C16H29NO6Si/c1-9(23-24(7,8)15(3,4)5)11-12(17-13(11)19)16(6,14(20)21)22-10(2)18/h9,11-12H,1-8H3,(H,17,19)(H,20,21)/t9-,11-,12+,16-/m1/s1. The Kier molecular flexibility index (Phi) is 5.57. The average molecular weight is 359 g/mol. The van der Waals surface area contributed by atoms with Crippen LogP contribution in [0.3, 0.4) is 0 Å². The van der Waals surface area contributed by atoms with Crippen LogP contribution in [0.4, 0.5) is 0 Å². The molecule has 0 aliphatic carbocycles. The zero-order chi connectivity index (χ0) is 19.1. The van der Waals surface area contributed by atoms with Gasteiger partial charge in [0.2, 0.25) is 11.5 Å². The van der Waals surface area contributed by atoms with Crippen molar-refractivity contribution in [2.75, 3.05) is 0 Å². The van der Waals surface area contributed by atoms with Crippen LogP contribution in [-0.2, 0) is 23.5 Å². The molecule has 1 fully saturated rings. The Labute approximate surface area is 144 Å². The number of ether oxygens (including phenoxy) is 1. The molecule has 1 aliphatic rings. The maximum absolute atomic E-state index is 12.1. The van der Waals surface area contributed by atoms with Crippen molar-refractivity contribution < 1.29 is 28.7 Å². The van der Waals surface area contributed by atoms with E-state index in [1.807, 2.05) is 0 Å². The number of hydrogen-bond donors (Lipinski definition) is 2. The van der Waals surface area contributed by atoms with Crippen molar-refractivity contribution in [3.05, 3.63) is 0 Å². The Morgan fingerprint density at radius 2 is 1.75 bits per heavy atom. The predicted octanol–water partition coefficient (Wildman–Crippen LogP) is 1.92. The summed E-state index contributed by atoms with van der Waals surface area (Å²) in [5.41, 5.74) is -1.82. The first-order chi connectivity index (χ1) is 10.6. The van der Waals surface area contributed by atoms with E-state index in [1.165, 1.54) is 6.92 Å². The molecule has 24 heavy (non-hydrogen) atoms. The van der Waals surface area contributed by atoms with Crippen LogP contribution < -0.4 is 5.32 Å². The third kappa shape index (κ3) is 3.80. The maximum atomic E-state index is 12.1. The van der Waals surface area contributed by atoms with Gasteiger partial charge < -0.3 is 19.6 Å². The first-order valence-corrected chi connectivity index (χ1v) is 11.0.